The topological polar surface area (TPSA) is 80.4 Å². The van der Waals surface area contributed by atoms with Crippen molar-refractivity contribution >= 4 is 5.91 Å². The van der Waals surface area contributed by atoms with Crippen LogP contribution in [0.25, 0.3) is 5.69 Å². The van der Waals surface area contributed by atoms with Crippen LogP contribution >= 0.6 is 0 Å². The predicted molar refractivity (Wildman–Crippen MR) is 127 cm³/mol. The Morgan fingerprint density at radius 2 is 1.64 bits per heavy atom. The van der Waals surface area contributed by atoms with E-state index in [2.05, 4.69) is 16.9 Å². The van der Waals surface area contributed by atoms with Crippen molar-refractivity contribution in [1.82, 2.24) is 24.1 Å². The molecular formula is C25H29N5O3. The third kappa shape index (κ3) is 4.66. The van der Waals surface area contributed by atoms with E-state index >= 15 is 0 Å². The van der Waals surface area contributed by atoms with E-state index in [-0.39, 0.29) is 12.2 Å². The summed E-state index contributed by atoms with van der Waals surface area (Å²) in [5, 5.41) is 4.30. The molecule has 1 aliphatic heterocycles. The minimum Gasteiger partial charge on any atom is -0.335 e. The van der Waals surface area contributed by atoms with Gasteiger partial charge >= 0.3 is 5.69 Å². The van der Waals surface area contributed by atoms with Crippen LogP contribution in [0.15, 0.2) is 58.1 Å². The highest BCUT2D eigenvalue weighted by molar-refractivity contribution is 5.92. The van der Waals surface area contributed by atoms with Crippen molar-refractivity contribution in [2.24, 2.45) is 0 Å². The van der Waals surface area contributed by atoms with Crippen LogP contribution in [-0.2, 0) is 6.54 Å². The number of hydrogen-bond donors (Lipinski definition) is 0. The van der Waals surface area contributed by atoms with Gasteiger partial charge in [-0.25, -0.2) is 4.79 Å². The minimum atomic E-state index is -0.660. The lowest BCUT2D eigenvalue weighted by Crippen LogP contribution is -2.52. The minimum absolute atomic E-state index is 0.0652. The molecule has 0 atom stereocenters. The van der Waals surface area contributed by atoms with Crippen LogP contribution in [0, 0.1) is 13.8 Å². The highest BCUT2D eigenvalue weighted by Gasteiger charge is 2.27. The fourth-order valence-electron chi connectivity index (χ4n) is 4.00. The Morgan fingerprint density at radius 1 is 0.939 bits per heavy atom. The highest BCUT2D eigenvalue weighted by atomic mass is 16.2. The second-order valence-electron chi connectivity index (χ2n) is 8.41. The van der Waals surface area contributed by atoms with Gasteiger partial charge in [0.1, 0.15) is 0 Å². The average molecular weight is 448 g/mol. The van der Waals surface area contributed by atoms with Gasteiger partial charge in [-0.2, -0.15) is 9.78 Å². The summed E-state index contributed by atoms with van der Waals surface area (Å²) < 4.78 is 2.28. The molecule has 0 radical (unpaired) electrons. The zero-order chi connectivity index (χ0) is 23.5. The molecule has 172 valence electrons. The predicted octanol–water partition coefficient (Wildman–Crippen LogP) is 1.84. The monoisotopic (exact) mass is 447 g/mol. The van der Waals surface area contributed by atoms with Gasteiger partial charge in [-0.3, -0.25) is 14.2 Å². The molecule has 0 bridgehead atoms. The van der Waals surface area contributed by atoms with Gasteiger partial charge in [0.15, 0.2) is 0 Å². The molecular weight excluding hydrogens is 418 g/mol. The fourth-order valence-corrected chi connectivity index (χ4v) is 4.00. The molecule has 0 aliphatic carbocycles. The summed E-state index contributed by atoms with van der Waals surface area (Å²) in [7, 11) is 0. The first-order chi connectivity index (χ1) is 15.9. The number of likely N-dealkylation sites (N-methyl/N-ethyl adjacent to an activating group) is 1. The van der Waals surface area contributed by atoms with Crippen LogP contribution in [0.3, 0.4) is 0 Å². The third-order valence-corrected chi connectivity index (χ3v) is 6.29. The fraction of sp³-hybridized carbons (Fsp3) is 0.360. The molecule has 0 unspecified atom stereocenters. The molecule has 0 saturated carbocycles. The Bertz CT molecular complexity index is 1270. The van der Waals surface area contributed by atoms with E-state index in [4.69, 9.17) is 0 Å². The van der Waals surface area contributed by atoms with Crippen LogP contribution in [0.5, 0.6) is 0 Å². The number of aromatic nitrogens is 3. The van der Waals surface area contributed by atoms with Gasteiger partial charge in [-0.1, -0.05) is 43.3 Å². The quantitative estimate of drug-likeness (QED) is 0.596. The lowest BCUT2D eigenvalue weighted by Gasteiger charge is -2.33. The van der Waals surface area contributed by atoms with Crippen LogP contribution in [0.2, 0.25) is 0 Å². The molecule has 3 aromatic rings. The smallest absolute Gasteiger partial charge is 0.335 e. The zero-order valence-electron chi connectivity index (χ0n) is 19.3. The number of piperazine rings is 1. The Hall–Kier alpha value is -3.52. The first-order valence-corrected chi connectivity index (χ1v) is 11.3. The lowest BCUT2D eigenvalue weighted by molar-refractivity contribution is 0.0632. The molecule has 1 amide bonds. The molecule has 1 aromatic heterocycles. The molecule has 1 saturated heterocycles. The van der Waals surface area contributed by atoms with Crippen LogP contribution in [-0.4, -0.2) is 62.8 Å². The summed E-state index contributed by atoms with van der Waals surface area (Å²) in [4.78, 5) is 43.9. The van der Waals surface area contributed by atoms with E-state index in [0.717, 1.165) is 40.9 Å². The van der Waals surface area contributed by atoms with Gasteiger partial charge in [0, 0.05) is 26.2 Å². The van der Waals surface area contributed by atoms with Gasteiger partial charge in [0.25, 0.3) is 11.5 Å². The van der Waals surface area contributed by atoms with Crippen molar-refractivity contribution in [3.63, 3.8) is 0 Å². The van der Waals surface area contributed by atoms with Crippen LogP contribution in [0.1, 0.15) is 34.1 Å². The van der Waals surface area contributed by atoms with Crippen molar-refractivity contribution in [2.75, 3.05) is 32.7 Å². The van der Waals surface area contributed by atoms with Crippen molar-refractivity contribution in [1.29, 1.82) is 0 Å². The molecule has 1 fully saturated rings. The Balaban J connectivity index is 1.82. The molecule has 1 aliphatic rings. The first-order valence-electron chi connectivity index (χ1n) is 11.3. The maximum atomic E-state index is 13.4. The zero-order valence-corrected chi connectivity index (χ0v) is 19.3. The number of aryl methyl sites for hydroxylation is 2. The summed E-state index contributed by atoms with van der Waals surface area (Å²) in [6.07, 6.45) is 0. The Morgan fingerprint density at radius 3 is 2.27 bits per heavy atom. The molecule has 2 aromatic carbocycles. The number of benzene rings is 2. The van der Waals surface area contributed by atoms with Gasteiger partial charge in [-0.05, 0) is 49.2 Å². The summed E-state index contributed by atoms with van der Waals surface area (Å²) in [6, 6.07) is 14.8. The lowest BCUT2D eigenvalue weighted by atomic mass is 10.1. The van der Waals surface area contributed by atoms with Crippen molar-refractivity contribution in [3.8, 4) is 5.69 Å². The standard InChI is InChI=1S/C25H29N5O3/c1-4-27-12-14-28(15-13-27)23(31)22-24(32)29(17-20-8-6-5-7-9-20)25(33)30(26-22)21-11-10-18(2)19(3)16-21/h5-11,16H,4,12-15,17H2,1-3H3. The maximum absolute atomic E-state index is 13.4. The van der Waals surface area contributed by atoms with E-state index in [1.165, 1.54) is 4.68 Å². The molecule has 4 rings (SSSR count). The number of carbonyl (C=O) groups is 1. The average Bonchev–Trinajstić information content (AvgIpc) is 2.84. The summed E-state index contributed by atoms with van der Waals surface area (Å²) in [5.74, 6) is -0.435. The normalized spacial score (nSPS) is 14.5. The molecule has 8 nitrogen and oxygen atoms in total. The van der Waals surface area contributed by atoms with Gasteiger partial charge in [0.05, 0.1) is 12.2 Å². The molecule has 33 heavy (non-hydrogen) atoms. The summed E-state index contributed by atoms with van der Waals surface area (Å²) in [6.45, 7) is 9.54. The Labute approximate surface area is 192 Å². The van der Waals surface area contributed by atoms with Crippen molar-refractivity contribution in [2.45, 2.75) is 27.3 Å². The van der Waals surface area contributed by atoms with Gasteiger partial charge < -0.3 is 9.80 Å². The Kier molecular flexibility index (Phi) is 6.55. The highest BCUT2D eigenvalue weighted by Crippen LogP contribution is 2.12. The molecule has 2 heterocycles. The number of nitrogens with zero attached hydrogens (tertiary/aromatic N) is 5. The number of hydrogen-bond acceptors (Lipinski definition) is 5. The van der Waals surface area contributed by atoms with Gasteiger partial charge in [0.2, 0.25) is 5.69 Å². The molecule has 0 spiro atoms. The van der Waals surface area contributed by atoms with E-state index in [1.807, 2.05) is 56.3 Å². The summed E-state index contributed by atoms with van der Waals surface area (Å²) >= 11 is 0. The van der Waals surface area contributed by atoms with E-state index in [9.17, 15) is 14.4 Å². The van der Waals surface area contributed by atoms with Crippen LogP contribution in [0.4, 0.5) is 0 Å². The maximum Gasteiger partial charge on any atom is 0.352 e. The van der Waals surface area contributed by atoms with Gasteiger partial charge in [-0.15, -0.1) is 0 Å². The molecule has 0 N–H and O–H groups in total. The number of carbonyl (C=O) groups excluding carboxylic acids is 1. The van der Waals surface area contributed by atoms with Crippen molar-refractivity contribution < 1.29 is 4.79 Å². The number of amides is 1. The number of rotatable bonds is 5. The van der Waals surface area contributed by atoms with Crippen LogP contribution < -0.4 is 11.2 Å². The third-order valence-electron chi connectivity index (χ3n) is 6.29. The largest absolute Gasteiger partial charge is 0.352 e. The second-order valence-corrected chi connectivity index (χ2v) is 8.41. The van der Waals surface area contributed by atoms with E-state index < -0.39 is 17.2 Å². The second kappa shape index (κ2) is 9.54. The van der Waals surface area contributed by atoms with Crippen molar-refractivity contribution in [3.05, 3.63) is 91.8 Å². The summed E-state index contributed by atoms with van der Waals surface area (Å²) in [5.41, 5.74) is 1.93. The SMILES string of the molecule is CCN1CCN(C(=O)c2nn(-c3ccc(C)c(C)c3)c(=O)n(Cc3ccccc3)c2=O)CC1. The van der Waals surface area contributed by atoms with E-state index in [0.29, 0.717) is 18.8 Å². The van der Waals surface area contributed by atoms with E-state index in [1.54, 1.807) is 11.0 Å². The molecule has 8 heteroatoms. The first kappa shape index (κ1) is 22.7.